The zero-order valence-corrected chi connectivity index (χ0v) is 10.6. The van der Waals surface area contributed by atoms with Crippen molar-refractivity contribution >= 4 is 23.8 Å². The van der Waals surface area contributed by atoms with Gasteiger partial charge in [-0.25, -0.2) is 9.59 Å². The van der Waals surface area contributed by atoms with E-state index in [1.165, 1.54) is 18.3 Å². The Balaban J connectivity index is 2.61. The largest absolute Gasteiger partial charge is 0.477 e. The minimum atomic E-state index is -2.00. The van der Waals surface area contributed by atoms with Crippen molar-refractivity contribution < 1.29 is 29.0 Å². The van der Waals surface area contributed by atoms with E-state index >= 15 is 0 Å². The first kappa shape index (κ1) is 13.8. The fourth-order valence-electron chi connectivity index (χ4n) is 2.18. The van der Waals surface area contributed by atoms with Gasteiger partial charge in [0.05, 0.1) is 13.0 Å². The molecule has 106 valence electrons. The number of rotatable bonds is 4. The van der Waals surface area contributed by atoms with Crippen LogP contribution < -0.4 is 5.32 Å². The van der Waals surface area contributed by atoms with Gasteiger partial charge >= 0.3 is 11.9 Å². The van der Waals surface area contributed by atoms with E-state index in [1.807, 2.05) is 5.32 Å². The second kappa shape index (κ2) is 4.80. The number of amides is 2. The molecule has 0 spiro atoms. The molecule has 0 saturated carbocycles. The normalized spacial score (nSPS) is 21.6. The van der Waals surface area contributed by atoms with Crippen LogP contribution in [0.2, 0.25) is 0 Å². The summed E-state index contributed by atoms with van der Waals surface area (Å²) in [6.07, 6.45) is 0.776. The summed E-state index contributed by atoms with van der Waals surface area (Å²) in [5, 5.41) is 11.1. The third-order valence-corrected chi connectivity index (χ3v) is 3.04. The Kier molecular flexibility index (Phi) is 3.31. The monoisotopic (exact) mass is 280 g/mol. The predicted octanol–water partition coefficient (Wildman–Crippen LogP) is -0.509. The van der Waals surface area contributed by atoms with Crippen LogP contribution in [-0.4, -0.2) is 40.0 Å². The Labute approximate surface area is 113 Å². The molecule has 20 heavy (non-hydrogen) atoms. The van der Waals surface area contributed by atoms with Crippen molar-refractivity contribution in [3.8, 4) is 0 Å². The number of hydrogen-bond donors (Lipinski definition) is 2. The number of aromatic nitrogens is 1. The minimum absolute atomic E-state index is 0.00568. The number of carbonyl (C=O) groups excluding carboxylic acids is 3. The molecule has 1 unspecified atom stereocenters. The number of esters is 1. The van der Waals surface area contributed by atoms with Crippen molar-refractivity contribution in [1.29, 1.82) is 0 Å². The van der Waals surface area contributed by atoms with Crippen molar-refractivity contribution in [2.45, 2.75) is 18.9 Å². The van der Waals surface area contributed by atoms with Crippen LogP contribution >= 0.6 is 0 Å². The molecule has 2 amide bonds. The number of carboxylic acids is 1. The molecule has 0 radical (unpaired) electrons. The second-order valence-electron chi connectivity index (χ2n) is 4.20. The molecular formula is C12H12N2O6. The molecule has 1 aliphatic rings. The van der Waals surface area contributed by atoms with Gasteiger partial charge in [0.15, 0.2) is 0 Å². The lowest BCUT2D eigenvalue weighted by atomic mass is 9.96. The number of hydrogen-bond acceptors (Lipinski definition) is 5. The van der Waals surface area contributed by atoms with E-state index in [9.17, 15) is 19.2 Å². The van der Waals surface area contributed by atoms with Crippen molar-refractivity contribution in [3.05, 3.63) is 24.0 Å². The lowest BCUT2D eigenvalue weighted by molar-refractivity contribution is -0.157. The minimum Gasteiger partial charge on any atom is -0.477 e. The summed E-state index contributed by atoms with van der Waals surface area (Å²) in [5.74, 6) is -3.82. The van der Waals surface area contributed by atoms with Gasteiger partial charge in [-0.2, -0.15) is 0 Å². The van der Waals surface area contributed by atoms with Crippen molar-refractivity contribution in [1.82, 2.24) is 9.88 Å². The van der Waals surface area contributed by atoms with Crippen LogP contribution in [0.5, 0.6) is 0 Å². The van der Waals surface area contributed by atoms with Gasteiger partial charge in [-0.3, -0.25) is 14.9 Å². The van der Waals surface area contributed by atoms with E-state index < -0.39 is 35.7 Å². The van der Waals surface area contributed by atoms with Crippen molar-refractivity contribution in [2.75, 3.05) is 6.61 Å². The van der Waals surface area contributed by atoms with Crippen LogP contribution in [0.1, 0.15) is 23.8 Å². The average molecular weight is 280 g/mol. The zero-order chi connectivity index (χ0) is 14.9. The molecule has 1 aliphatic heterocycles. The lowest BCUT2D eigenvalue weighted by Crippen LogP contribution is -2.49. The van der Waals surface area contributed by atoms with Gasteiger partial charge in [-0.15, -0.1) is 0 Å². The number of nitrogens with one attached hydrogen (secondary N) is 1. The average Bonchev–Trinajstić information content (AvgIpc) is 2.94. The Morgan fingerprint density at radius 2 is 2.20 bits per heavy atom. The highest BCUT2D eigenvalue weighted by Gasteiger charge is 2.56. The maximum absolute atomic E-state index is 12.1. The number of carboxylic acid groups (broad SMARTS) is 1. The highest BCUT2D eigenvalue weighted by Crippen LogP contribution is 2.30. The summed E-state index contributed by atoms with van der Waals surface area (Å²) >= 11 is 0. The van der Waals surface area contributed by atoms with Crippen LogP contribution in [-0.2, 0) is 24.7 Å². The molecule has 1 aromatic rings. The molecule has 0 aliphatic carbocycles. The predicted molar refractivity (Wildman–Crippen MR) is 63.8 cm³/mol. The summed E-state index contributed by atoms with van der Waals surface area (Å²) in [4.78, 5) is 46.8. The Hall–Kier alpha value is -2.64. The van der Waals surface area contributed by atoms with Crippen molar-refractivity contribution in [2.24, 2.45) is 0 Å². The number of carbonyl (C=O) groups is 4. The molecule has 8 nitrogen and oxygen atoms in total. The van der Waals surface area contributed by atoms with E-state index in [0.717, 1.165) is 4.57 Å². The van der Waals surface area contributed by atoms with E-state index in [1.54, 1.807) is 6.92 Å². The van der Waals surface area contributed by atoms with Gasteiger partial charge in [-0.1, -0.05) is 0 Å². The second-order valence-corrected chi connectivity index (χ2v) is 4.20. The number of imide groups is 1. The molecular weight excluding hydrogens is 268 g/mol. The first-order valence-corrected chi connectivity index (χ1v) is 5.86. The van der Waals surface area contributed by atoms with Gasteiger partial charge in [-0.05, 0) is 19.1 Å². The van der Waals surface area contributed by atoms with Gasteiger partial charge in [0.1, 0.15) is 5.69 Å². The highest BCUT2D eigenvalue weighted by molar-refractivity contribution is 6.18. The van der Waals surface area contributed by atoms with Crippen molar-refractivity contribution in [3.63, 3.8) is 0 Å². The maximum Gasteiger partial charge on any atom is 0.352 e. The third kappa shape index (κ3) is 1.85. The molecule has 0 aromatic carbocycles. The highest BCUT2D eigenvalue weighted by atomic mass is 16.5. The lowest BCUT2D eigenvalue weighted by Gasteiger charge is -2.26. The van der Waals surface area contributed by atoms with E-state index in [4.69, 9.17) is 9.84 Å². The number of ether oxygens (including phenoxy) is 1. The summed E-state index contributed by atoms with van der Waals surface area (Å²) in [7, 11) is 0. The molecule has 2 rings (SSSR count). The topological polar surface area (TPSA) is 115 Å². The van der Waals surface area contributed by atoms with E-state index in [2.05, 4.69) is 0 Å². The number of aromatic carboxylic acids is 1. The first-order valence-electron chi connectivity index (χ1n) is 5.86. The quantitative estimate of drug-likeness (QED) is 0.436. The summed E-state index contributed by atoms with van der Waals surface area (Å²) in [5.41, 5.74) is -2.27. The fraction of sp³-hybridized carbons (Fsp3) is 0.333. The Bertz CT molecular complexity index is 605. The van der Waals surface area contributed by atoms with Gasteiger partial charge in [0, 0.05) is 6.20 Å². The smallest absolute Gasteiger partial charge is 0.352 e. The molecule has 0 bridgehead atoms. The van der Waals surface area contributed by atoms with Crippen LogP contribution in [0.15, 0.2) is 18.3 Å². The molecule has 1 saturated heterocycles. The van der Waals surface area contributed by atoms with Crippen LogP contribution in [0.3, 0.4) is 0 Å². The standard InChI is InChI=1S/C12H12N2O6/c1-2-20-11(19)12(6-8(15)13-10(12)18)14-5-3-4-7(14)9(16)17/h3-5H,2,6H2,1H3,(H,16,17)(H,13,15,18). The summed E-state index contributed by atoms with van der Waals surface area (Å²) in [6, 6.07) is 2.61. The van der Waals surface area contributed by atoms with E-state index in [-0.39, 0.29) is 12.3 Å². The van der Waals surface area contributed by atoms with Crippen LogP contribution in [0, 0.1) is 0 Å². The Morgan fingerprint density at radius 3 is 2.70 bits per heavy atom. The third-order valence-electron chi connectivity index (χ3n) is 3.04. The molecule has 2 N–H and O–H groups in total. The summed E-state index contributed by atoms with van der Waals surface area (Å²) in [6.45, 7) is 1.56. The summed E-state index contributed by atoms with van der Waals surface area (Å²) < 4.78 is 5.81. The first-order chi connectivity index (χ1) is 9.43. The molecule has 8 heteroatoms. The van der Waals surface area contributed by atoms with E-state index in [0.29, 0.717) is 0 Å². The van der Waals surface area contributed by atoms with Crippen LogP contribution in [0.25, 0.3) is 0 Å². The molecule has 2 heterocycles. The maximum atomic E-state index is 12.1. The fourth-order valence-corrected chi connectivity index (χ4v) is 2.18. The zero-order valence-electron chi connectivity index (χ0n) is 10.6. The Morgan fingerprint density at radius 1 is 1.50 bits per heavy atom. The molecule has 1 fully saturated rings. The van der Waals surface area contributed by atoms with Gasteiger partial charge < -0.3 is 14.4 Å². The van der Waals surface area contributed by atoms with Gasteiger partial charge in [0.2, 0.25) is 11.4 Å². The SMILES string of the molecule is CCOC(=O)C1(n2cccc2C(=O)O)CC(=O)NC1=O. The number of nitrogens with zero attached hydrogens (tertiary/aromatic N) is 1. The molecule has 1 atom stereocenters. The molecule has 1 aromatic heterocycles. The van der Waals surface area contributed by atoms with Crippen LogP contribution in [0.4, 0.5) is 0 Å². The van der Waals surface area contributed by atoms with Gasteiger partial charge in [0.25, 0.3) is 5.91 Å².